The molecule has 2 amide bonds. The summed E-state index contributed by atoms with van der Waals surface area (Å²) in [5.74, 6) is 0.489. The van der Waals surface area contributed by atoms with Gasteiger partial charge in [-0.1, -0.05) is 12.1 Å². The van der Waals surface area contributed by atoms with Crippen molar-refractivity contribution in [3.8, 4) is 5.75 Å². The smallest absolute Gasteiger partial charge is 0.407 e. The molecule has 19 heavy (non-hydrogen) atoms. The normalized spacial score (nSPS) is 9.58. The molecule has 0 radical (unpaired) electrons. The molecule has 1 aromatic rings. The van der Waals surface area contributed by atoms with Crippen LogP contribution < -0.4 is 15.4 Å². The van der Waals surface area contributed by atoms with Crippen LogP contribution in [-0.2, 0) is 16.1 Å². The molecule has 2 N–H and O–H groups in total. The second kappa shape index (κ2) is 7.97. The molecule has 0 atom stereocenters. The van der Waals surface area contributed by atoms with Gasteiger partial charge in [-0.15, -0.1) is 0 Å². The fourth-order valence-electron chi connectivity index (χ4n) is 1.34. The number of benzene rings is 1. The Morgan fingerprint density at radius 3 is 2.42 bits per heavy atom. The van der Waals surface area contributed by atoms with Crippen molar-refractivity contribution in [2.45, 2.75) is 13.5 Å². The van der Waals surface area contributed by atoms with Crippen molar-refractivity contribution < 1.29 is 19.1 Å². The van der Waals surface area contributed by atoms with Crippen molar-refractivity contribution in [2.75, 3.05) is 20.3 Å². The highest BCUT2D eigenvalue weighted by Gasteiger charge is 2.05. The summed E-state index contributed by atoms with van der Waals surface area (Å²) in [5, 5.41) is 5.03. The number of hydrogen-bond donors (Lipinski definition) is 2. The maximum atomic E-state index is 11.4. The number of carbonyl (C=O) groups excluding carboxylic acids is 2. The zero-order valence-corrected chi connectivity index (χ0v) is 11.1. The Balaban J connectivity index is 2.27. The Labute approximate surface area is 112 Å². The molecule has 0 fully saturated rings. The Kier molecular flexibility index (Phi) is 6.21. The van der Waals surface area contributed by atoms with Crippen LogP contribution in [0.25, 0.3) is 0 Å². The molecular weight excluding hydrogens is 248 g/mol. The van der Waals surface area contributed by atoms with Crippen LogP contribution in [-0.4, -0.2) is 32.3 Å². The minimum atomic E-state index is -0.595. The van der Waals surface area contributed by atoms with Crippen molar-refractivity contribution >= 4 is 12.0 Å². The molecule has 0 unspecified atom stereocenters. The average Bonchev–Trinajstić information content (AvgIpc) is 2.44. The summed E-state index contributed by atoms with van der Waals surface area (Å²) < 4.78 is 9.67. The van der Waals surface area contributed by atoms with Gasteiger partial charge in [0.05, 0.1) is 13.7 Å². The SMILES string of the molecule is CCOC(=O)NCC(=O)NCc1ccc(OC)cc1. The van der Waals surface area contributed by atoms with Crippen LogP contribution in [0.2, 0.25) is 0 Å². The van der Waals surface area contributed by atoms with Gasteiger partial charge < -0.3 is 20.1 Å². The first-order valence-electron chi connectivity index (χ1n) is 5.96. The molecule has 1 rings (SSSR count). The molecule has 6 nitrogen and oxygen atoms in total. The summed E-state index contributed by atoms with van der Waals surface area (Å²) in [4.78, 5) is 22.4. The Morgan fingerprint density at radius 2 is 1.84 bits per heavy atom. The first-order valence-corrected chi connectivity index (χ1v) is 5.96. The van der Waals surface area contributed by atoms with E-state index in [1.165, 1.54) is 0 Å². The lowest BCUT2D eigenvalue weighted by Gasteiger charge is -2.07. The topological polar surface area (TPSA) is 76.7 Å². The lowest BCUT2D eigenvalue weighted by Crippen LogP contribution is -2.36. The minimum absolute atomic E-state index is 0.102. The third-order valence-corrected chi connectivity index (χ3v) is 2.32. The predicted molar refractivity (Wildman–Crippen MR) is 69.9 cm³/mol. The molecule has 104 valence electrons. The maximum absolute atomic E-state index is 11.4. The molecule has 0 saturated heterocycles. The number of amides is 2. The van der Waals surface area contributed by atoms with E-state index in [0.717, 1.165) is 11.3 Å². The summed E-state index contributed by atoms with van der Waals surface area (Å²) >= 11 is 0. The largest absolute Gasteiger partial charge is 0.497 e. The zero-order valence-electron chi connectivity index (χ0n) is 11.1. The highest BCUT2D eigenvalue weighted by atomic mass is 16.5. The van der Waals surface area contributed by atoms with Gasteiger partial charge >= 0.3 is 6.09 Å². The lowest BCUT2D eigenvalue weighted by molar-refractivity contribution is -0.120. The van der Waals surface area contributed by atoms with Gasteiger partial charge in [0, 0.05) is 6.54 Å². The van der Waals surface area contributed by atoms with Crippen LogP contribution >= 0.6 is 0 Å². The number of carbonyl (C=O) groups is 2. The summed E-state index contributed by atoms with van der Waals surface area (Å²) in [6.07, 6.45) is -0.595. The van der Waals surface area contributed by atoms with Gasteiger partial charge in [0.25, 0.3) is 0 Å². The first-order chi connectivity index (χ1) is 9.15. The van der Waals surface area contributed by atoms with E-state index in [4.69, 9.17) is 4.74 Å². The monoisotopic (exact) mass is 266 g/mol. The summed E-state index contributed by atoms with van der Waals surface area (Å²) in [6.45, 7) is 2.27. The Hall–Kier alpha value is -2.24. The van der Waals surface area contributed by atoms with Crippen LogP contribution in [0.4, 0.5) is 4.79 Å². The number of hydrogen-bond acceptors (Lipinski definition) is 4. The number of methoxy groups -OCH3 is 1. The third kappa shape index (κ3) is 5.76. The predicted octanol–water partition coefficient (Wildman–Crippen LogP) is 1.06. The van der Waals surface area contributed by atoms with E-state index in [-0.39, 0.29) is 19.1 Å². The molecule has 0 aromatic heterocycles. The summed E-state index contributed by atoms with van der Waals surface area (Å²) in [5.41, 5.74) is 0.949. The van der Waals surface area contributed by atoms with Crippen LogP contribution in [0.3, 0.4) is 0 Å². The van der Waals surface area contributed by atoms with Crippen molar-refractivity contribution in [1.82, 2.24) is 10.6 Å². The second-order valence-corrected chi connectivity index (χ2v) is 3.70. The van der Waals surface area contributed by atoms with Crippen molar-refractivity contribution in [3.63, 3.8) is 0 Å². The molecule has 1 aromatic carbocycles. The number of ether oxygens (including phenoxy) is 2. The average molecular weight is 266 g/mol. The van der Waals surface area contributed by atoms with E-state index in [2.05, 4.69) is 15.4 Å². The summed E-state index contributed by atoms with van der Waals surface area (Å²) in [6, 6.07) is 7.35. The van der Waals surface area contributed by atoms with Crippen molar-refractivity contribution in [2.24, 2.45) is 0 Å². The van der Waals surface area contributed by atoms with Gasteiger partial charge in [-0.3, -0.25) is 4.79 Å². The quantitative estimate of drug-likeness (QED) is 0.807. The van der Waals surface area contributed by atoms with E-state index >= 15 is 0 Å². The molecule has 0 spiro atoms. The van der Waals surface area contributed by atoms with E-state index in [0.29, 0.717) is 6.54 Å². The number of nitrogens with one attached hydrogen (secondary N) is 2. The fraction of sp³-hybridized carbons (Fsp3) is 0.385. The number of alkyl carbamates (subject to hydrolysis) is 1. The van der Waals surface area contributed by atoms with Gasteiger partial charge in [0.2, 0.25) is 5.91 Å². The first kappa shape index (κ1) is 14.8. The second-order valence-electron chi connectivity index (χ2n) is 3.70. The highest BCUT2D eigenvalue weighted by molar-refractivity contribution is 5.82. The van der Waals surface area contributed by atoms with Crippen LogP contribution in [0.1, 0.15) is 12.5 Å². The molecule has 0 aliphatic rings. The third-order valence-electron chi connectivity index (χ3n) is 2.32. The van der Waals surface area contributed by atoms with Crippen molar-refractivity contribution in [3.05, 3.63) is 29.8 Å². The van der Waals surface area contributed by atoms with E-state index in [1.807, 2.05) is 24.3 Å². The van der Waals surface area contributed by atoms with Crippen LogP contribution in [0.5, 0.6) is 5.75 Å². The summed E-state index contributed by atoms with van der Waals surface area (Å²) in [7, 11) is 1.60. The highest BCUT2D eigenvalue weighted by Crippen LogP contribution is 2.10. The van der Waals surface area contributed by atoms with Gasteiger partial charge in [-0.05, 0) is 24.6 Å². The maximum Gasteiger partial charge on any atom is 0.407 e. The molecular formula is C13H18N2O4. The van der Waals surface area contributed by atoms with Crippen LogP contribution in [0, 0.1) is 0 Å². The van der Waals surface area contributed by atoms with E-state index < -0.39 is 6.09 Å². The Morgan fingerprint density at radius 1 is 1.16 bits per heavy atom. The molecule has 0 aliphatic carbocycles. The standard InChI is InChI=1S/C13H18N2O4/c1-3-19-13(17)15-9-12(16)14-8-10-4-6-11(18-2)7-5-10/h4-7H,3,8-9H2,1-2H3,(H,14,16)(H,15,17). The van der Waals surface area contributed by atoms with E-state index in [1.54, 1.807) is 14.0 Å². The van der Waals surface area contributed by atoms with Crippen molar-refractivity contribution in [1.29, 1.82) is 0 Å². The van der Waals surface area contributed by atoms with E-state index in [9.17, 15) is 9.59 Å². The van der Waals surface area contributed by atoms with Gasteiger partial charge in [-0.2, -0.15) is 0 Å². The van der Waals surface area contributed by atoms with Gasteiger partial charge in [0.1, 0.15) is 12.3 Å². The molecule has 6 heteroatoms. The zero-order chi connectivity index (χ0) is 14.1. The van der Waals surface area contributed by atoms with Gasteiger partial charge in [-0.25, -0.2) is 4.79 Å². The molecule has 0 saturated carbocycles. The number of rotatable bonds is 6. The fourth-order valence-corrected chi connectivity index (χ4v) is 1.34. The van der Waals surface area contributed by atoms with Crippen LogP contribution in [0.15, 0.2) is 24.3 Å². The molecule has 0 bridgehead atoms. The Bertz CT molecular complexity index is 417. The molecule has 0 heterocycles. The van der Waals surface area contributed by atoms with Gasteiger partial charge in [0.15, 0.2) is 0 Å². The molecule has 0 aliphatic heterocycles. The minimum Gasteiger partial charge on any atom is -0.497 e. The lowest BCUT2D eigenvalue weighted by atomic mass is 10.2.